The molecule has 0 atom stereocenters. The van der Waals surface area contributed by atoms with E-state index in [1.165, 1.54) is 36.3 Å². The normalized spacial score (nSPS) is 11.1. The molecule has 2 rings (SSSR count). The first-order chi connectivity index (χ1) is 10.4. The van der Waals surface area contributed by atoms with Crippen molar-refractivity contribution in [3.8, 4) is 0 Å². The van der Waals surface area contributed by atoms with Crippen molar-refractivity contribution in [3.63, 3.8) is 0 Å². The first-order valence-electron chi connectivity index (χ1n) is 6.45. The van der Waals surface area contributed by atoms with E-state index in [1.807, 2.05) is 0 Å². The van der Waals surface area contributed by atoms with Gasteiger partial charge in [-0.2, -0.15) is 13.2 Å². The summed E-state index contributed by atoms with van der Waals surface area (Å²) in [6.07, 6.45) is -1.44. The summed E-state index contributed by atoms with van der Waals surface area (Å²) in [5.41, 5.74) is -0.224. The molecule has 0 aliphatic carbocycles. The molecule has 0 spiro atoms. The number of rotatable bonds is 3. The van der Waals surface area contributed by atoms with Gasteiger partial charge in [-0.15, -0.1) is 0 Å². The van der Waals surface area contributed by atoms with Crippen LogP contribution in [0.2, 0.25) is 0 Å². The Hall–Kier alpha value is -2.57. The molecule has 0 radical (unpaired) electrons. The fourth-order valence-electron chi connectivity index (χ4n) is 1.92. The highest BCUT2D eigenvalue weighted by atomic mass is 19.4. The summed E-state index contributed by atoms with van der Waals surface area (Å²) < 4.78 is 38.8. The number of urea groups is 1. The van der Waals surface area contributed by atoms with Crippen LogP contribution in [0.1, 0.15) is 11.1 Å². The third kappa shape index (κ3) is 3.97. The Bertz CT molecular complexity index is 644. The predicted molar refractivity (Wildman–Crippen MR) is 76.2 cm³/mol. The summed E-state index contributed by atoms with van der Waals surface area (Å²) in [5, 5.41) is 2.56. The number of carbonyl (C=O) groups excluding carboxylic acids is 1. The number of halogens is 3. The average Bonchev–Trinajstić information content (AvgIpc) is 2.47. The fourth-order valence-corrected chi connectivity index (χ4v) is 1.92. The Morgan fingerprint density at radius 1 is 1.23 bits per heavy atom. The van der Waals surface area contributed by atoms with E-state index in [-0.39, 0.29) is 12.1 Å². The second-order valence-electron chi connectivity index (χ2n) is 4.68. The number of anilines is 1. The molecule has 7 heteroatoms. The average molecular weight is 309 g/mol. The van der Waals surface area contributed by atoms with Gasteiger partial charge in [0.25, 0.3) is 0 Å². The predicted octanol–water partition coefficient (Wildman–Crippen LogP) is 3.76. The third-order valence-corrected chi connectivity index (χ3v) is 2.99. The number of aromatic nitrogens is 1. The quantitative estimate of drug-likeness (QED) is 0.938. The first-order valence-corrected chi connectivity index (χ1v) is 6.45. The molecule has 0 fully saturated rings. The van der Waals surface area contributed by atoms with E-state index in [0.29, 0.717) is 5.69 Å². The minimum absolute atomic E-state index is 0.0406. The number of benzene rings is 1. The van der Waals surface area contributed by atoms with Crippen molar-refractivity contribution in [2.24, 2.45) is 0 Å². The maximum absolute atomic E-state index is 12.9. The fraction of sp³-hybridized carbons (Fsp3) is 0.200. The molecule has 116 valence electrons. The van der Waals surface area contributed by atoms with E-state index in [9.17, 15) is 18.0 Å². The number of amides is 2. The van der Waals surface area contributed by atoms with Gasteiger partial charge in [-0.05, 0) is 23.8 Å². The van der Waals surface area contributed by atoms with Gasteiger partial charge in [0.2, 0.25) is 0 Å². The van der Waals surface area contributed by atoms with Crippen LogP contribution < -0.4 is 5.32 Å². The van der Waals surface area contributed by atoms with Crippen molar-refractivity contribution in [3.05, 3.63) is 59.9 Å². The molecular weight excluding hydrogens is 295 g/mol. The Balaban J connectivity index is 2.09. The molecule has 0 aliphatic rings. The van der Waals surface area contributed by atoms with Crippen LogP contribution in [0, 0.1) is 0 Å². The zero-order valence-electron chi connectivity index (χ0n) is 11.8. The first kappa shape index (κ1) is 15.8. The summed E-state index contributed by atoms with van der Waals surface area (Å²) in [6.45, 7) is -0.151. The van der Waals surface area contributed by atoms with E-state index >= 15 is 0 Å². The maximum atomic E-state index is 12.9. The lowest BCUT2D eigenvalue weighted by molar-refractivity contribution is -0.138. The molecule has 0 aliphatic heterocycles. The maximum Gasteiger partial charge on any atom is 0.416 e. The molecule has 22 heavy (non-hydrogen) atoms. The van der Waals surface area contributed by atoms with Gasteiger partial charge in [-0.25, -0.2) is 4.79 Å². The van der Waals surface area contributed by atoms with Crippen molar-refractivity contribution in [1.82, 2.24) is 9.88 Å². The smallest absolute Gasteiger partial charge is 0.323 e. The molecule has 4 nitrogen and oxygen atoms in total. The largest absolute Gasteiger partial charge is 0.416 e. The van der Waals surface area contributed by atoms with Gasteiger partial charge in [0.15, 0.2) is 0 Å². The van der Waals surface area contributed by atoms with Crippen molar-refractivity contribution in [2.75, 3.05) is 12.4 Å². The topological polar surface area (TPSA) is 45.2 Å². The van der Waals surface area contributed by atoms with Gasteiger partial charge >= 0.3 is 12.2 Å². The molecule has 1 aromatic carbocycles. The Morgan fingerprint density at radius 2 is 1.95 bits per heavy atom. The number of hydrogen-bond acceptors (Lipinski definition) is 2. The van der Waals surface area contributed by atoms with Crippen LogP contribution in [0.5, 0.6) is 0 Å². The summed E-state index contributed by atoms with van der Waals surface area (Å²) in [7, 11) is 1.43. The van der Waals surface area contributed by atoms with Gasteiger partial charge < -0.3 is 10.2 Å². The molecule has 1 aromatic heterocycles. The van der Waals surface area contributed by atoms with Crippen molar-refractivity contribution in [2.45, 2.75) is 12.7 Å². The number of carbonyl (C=O) groups is 1. The monoisotopic (exact) mass is 309 g/mol. The molecule has 2 aromatic rings. The van der Waals surface area contributed by atoms with Crippen LogP contribution in [0.3, 0.4) is 0 Å². The zero-order valence-corrected chi connectivity index (χ0v) is 11.8. The van der Waals surface area contributed by atoms with Crippen LogP contribution >= 0.6 is 0 Å². The minimum Gasteiger partial charge on any atom is -0.323 e. The van der Waals surface area contributed by atoms with Gasteiger partial charge in [0.1, 0.15) is 0 Å². The lowest BCUT2D eigenvalue weighted by Crippen LogP contribution is -2.31. The highest BCUT2D eigenvalue weighted by Crippen LogP contribution is 2.32. The van der Waals surface area contributed by atoms with E-state index in [1.54, 1.807) is 18.3 Å². The summed E-state index contributed by atoms with van der Waals surface area (Å²) in [4.78, 5) is 17.0. The van der Waals surface area contributed by atoms with E-state index in [0.717, 1.165) is 6.07 Å². The standard InChI is InChI=1S/C15H14F3N3O/c1-21(14(22)20-12-6-4-8-19-9-12)10-11-5-2-3-7-13(11)15(16,17)18/h2-9H,10H2,1H3,(H,20,22). The summed E-state index contributed by atoms with van der Waals surface area (Å²) >= 11 is 0. The molecular formula is C15H14F3N3O. The molecule has 0 saturated heterocycles. The number of hydrogen-bond donors (Lipinski definition) is 1. The van der Waals surface area contributed by atoms with Gasteiger partial charge in [0.05, 0.1) is 17.4 Å². The third-order valence-electron chi connectivity index (χ3n) is 2.99. The Kier molecular flexibility index (Phi) is 4.65. The van der Waals surface area contributed by atoms with Crippen LogP contribution in [0.25, 0.3) is 0 Å². The van der Waals surface area contributed by atoms with Crippen LogP contribution in [-0.4, -0.2) is 23.0 Å². The Labute approximate surface area is 125 Å². The number of pyridine rings is 1. The molecule has 0 saturated carbocycles. The lowest BCUT2D eigenvalue weighted by atomic mass is 10.1. The number of nitrogens with one attached hydrogen (secondary N) is 1. The van der Waals surface area contributed by atoms with Crippen LogP contribution in [0.15, 0.2) is 48.8 Å². The van der Waals surface area contributed by atoms with Crippen LogP contribution in [0.4, 0.5) is 23.7 Å². The highest BCUT2D eigenvalue weighted by molar-refractivity contribution is 5.88. The summed E-state index contributed by atoms with van der Waals surface area (Å²) in [6, 6.07) is 7.97. The summed E-state index contributed by atoms with van der Waals surface area (Å²) in [5.74, 6) is 0. The van der Waals surface area contributed by atoms with Gasteiger partial charge in [-0.3, -0.25) is 4.98 Å². The molecule has 1 N–H and O–H groups in total. The molecule has 1 heterocycles. The van der Waals surface area contributed by atoms with Crippen molar-refractivity contribution in [1.29, 1.82) is 0 Å². The molecule has 0 bridgehead atoms. The van der Waals surface area contributed by atoms with E-state index < -0.39 is 17.8 Å². The number of alkyl halides is 3. The highest BCUT2D eigenvalue weighted by Gasteiger charge is 2.33. The number of nitrogens with zero attached hydrogens (tertiary/aromatic N) is 2. The lowest BCUT2D eigenvalue weighted by Gasteiger charge is -2.20. The van der Waals surface area contributed by atoms with E-state index in [4.69, 9.17) is 0 Å². The van der Waals surface area contributed by atoms with Crippen LogP contribution in [-0.2, 0) is 12.7 Å². The van der Waals surface area contributed by atoms with Gasteiger partial charge in [0, 0.05) is 19.8 Å². The van der Waals surface area contributed by atoms with E-state index in [2.05, 4.69) is 10.3 Å². The van der Waals surface area contributed by atoms with Crippen molar-refractivity contribution >= 4 is 11.7 Å². The SMILES string of the molecule is CN(Cc1ccccc1C(F)(F)F)C(=O)Nc1cccnc1. The second kappa shape index (κ2) is 6.46. The zero-order chi connectivity index (χ0) is 16.2. The molecule has 0 unspecified atom stereocenters. The minimum atomic E-state index is -4.45. The molecule has 2 amide bonds. The Morgan fingerprint density at radius 3 is 2.59 bits per heavy atom. The van der Waals surface area contributed by atoms with Crippen molar-refractivity contribution < 1.29 is 18.0 Å². The second-order valence-corrected chi connectivity index (χ2v) is 4.68. The van der Waals surface area contributed by atoms with Gasteiger partial charge in [-0.1, -0.05) is 18.2 Å².